The molecule has 5 nitrogen and oxygen atoms in total. The van der Waals surface area contributed by atoms with Crippen LogP contribution in [0.5, 0.6) is 0 Å². The van der Waals surface area contributed by atoms with Gasteiger partial charge in [-0.15, -0.1) is 11.3 Å². The minimum absolute atomic E-state index is 0.103. The van der Waals surface area contributed by atoms with E-state index in [1.807, 2.05) is 16.3 Å². The highest BCUT2D eigenvalue weighted by Crippen LogP contribution is 2.38. The molecule has 8 heteroatoms. The number of fused-ring (bicyclic) bond motifs is 3. The molecule has 0 radical (unpaired) electrons. The zero-order valence-electron chi connectivity index (χ0n) is 14.3. The van der Waals surface area contributed by atoms with E-state index in [1.165, 1.54) is 16.9 Å². The molecule has 0 spiro atoms. The molecule has 0 bridgehead atoms. The quantitative estimate of drug-likeness (QED) is 0.718. The second-order valence-corrected chi connectivity index (χ2v) is 8.94. The number of anilines is 1. The van der Waals surface area contributed by atoms with Crippen molar-refractivity contribution in [3.8, 4) is 0 Å². The molecule has 2 aliphatic heterocycles. The van der Waals surface area contributed by atoms with E-state index < -0.39 is 0 Å². The molecule has 26 heavy (non-hydrogen) atoms. The number of amides is 1. The summed E-state index contributed by atoms with van der Waals surface area (Å²) < 4.78 is 1.08. The molecule has 0 aliphatic carbocycles. The van der Waals surface area contributed by atoms with Crippen LogP contribution in [0.2, 0.25) is 0 Å². The molecular weight excluding hydrogens is 432 g/mol. The maximum atomic E-state index is 12.9. The van der Waals surface area contributed by atoms with Crippen molar-refractivity contribution in [1.29, 1.82) is 0 Å². The number of unbranched alkanes of at least 4 members (excludes halogenated alkanes) is 1. The normalized spacial score (nSPS) is 18.5. The number of carbonyl (C=O) groups excluding carboxylic acids is 1. The molecule has 136 valence electrons. The van der Waals surface area contributed by atoms with E-state index in [1.54, 1.807) is 11.8 Å². The molecule has 1 aromatic carbocycles. The van der Waals surface area contributed by atoms with E-state index in [2.05, 4.69) is 62.5 Å². The number of amidine groups is 1. The van der Waals surface area contributed by atoms with Crippen LogP contribution in [0, 0.1) is 0 Å². The molecule has 1 aromatic heterocycles. The number of hydrogen-bond donors (Lipinski definition) is 1. The summed E-state index contributed by atoms with van der Waals surface area (Å²) in [7, 11) is 0. The highest BCUT2D eigenvalue weighted by Gasteiger charge is 2.43. The number of thiophene rings is 1. The van der Waals surface area contributed by atoms with Gasteiger partial charge in [-0.25, -0.2) is 0 Å². The molecule has 1 atom stereocenters. The summed E-state index contributed by atoms with van der Waals surface area (Å²) in [4.78, 5) is 17.7. The predicted molar refractivity (Wildman–Crippen MR) is 113 cm³/mol. The SMILES string of the molecule is CCCCN1C(=O)c2sccc2N2C(SCc3ccc(Br)cc3)=NNC12. The molecule has 0 fully saturated rings. The van der Waals surface area contributed by atoms with Crippen LogP contribution in [0.3, 0.4) is 0 Å². The zero-order chi connectivity index (χ0) is 18.1. The number of thioether (sulfide) groups is 1. The monoisotopic (exact) mass is 450 g/mol. The Morgan fingerprint density at radius 1 is 1.31 bits per heavy atom. The van der Waals surface area contributed by atoms with Crippen LogP contribution in [-0.4, -0.2) is 28.8 Å². The smallest absolute Gasteiger partial charge is 0.269 e. The van der Waals surface area contributed by atoms with Crippen LogP contribution < -0.4 is 10.3 Å². The fourth-order valence-corrected chi connectivity index (χ4v) is 5.09. The van der Waals surface area contributed by atoms with Crippen molar-refractivity contribution in [1.82, 2.24) is 10.3 Å². The van der Waals surface area contributed by atoms with Crippen LogP contribution in [0.1, 0.15) is 35.0 Å². The van der Waals surface area contributed by atoms with E-state index in [0.29, 0.717) is 0 Å². The van der Waals surface area contributed by atoms with Crippen molar-refractivity contribution in [2.45, 2.75) is 31.8 Å². The van der Waals surface area contributed by atoms with E-state index >= 15 is 0 Å². The first kappa shape index (κ1) is 17.9. The van der Waals surface area contributed by atoms with E-state index in [0.717, 1.165) is 45.3 Å². The Hall–Kier alpha value is -1.51. The Bertz CT molecular complexity index is 836. The number of halogens is 1. The third kappa shape index (κ3) is 3.25. The molecule has 1 N–H and O–H groups in total. The molecule has 2 aromatic rings. The van der Waals surface area contributed by atoms with E-state index in [-0.39, 0.29) is 12.2 Å². The van der Waals surface area contributed by atoms with Crippen LogP contribution in [0.25, 0.3) is 0 Å². The van der Waals surface area contributed by atoms with Crippen molar-refractivity contribution < 1.29 is 4.79 Å². The number of carbonyl (C=O) groups is 1. The van der Waals surface area contributed by atoms with Gasteiger partial charge in [0, 0.05) is 16.8 Å². The Kier molecular flexibility index (Phi) is 5.24. The summed E-state index contributed by atoms with van der Waals surface area (Å²) in [5.74, 6) is 0.936. The van der Waals surface area contributed by atoms with Crippen molar-refractivity contribution in [3.63, 3.8) is 0 Å². The largest absolute Gasteiger partial charge is 0.298 e. The minimum atomic E-state index is -0.219. The average molecular weight is 451 g/mol. The van der Waals surface area contributed by atoms with Gasteiger partial charge in [-0.05, 0) is 35.6 Å². The summed E-state index contributed by atoms with van der Waals surface area (Å²) in [5, 5.41) is 7.43. The van der Waals surface area contributed by atoms with Gasteiger partial charge in [0.05, 0.1) is 5.69 Å². The lowest BCUT2D eigenvalue weighted by Gasteiger charge is -2.39. The van der Waals surface area contributed by atoms with Crippen LogP contribution in [0.15, 0.2) is 45.3 Å². The number of hydrogen-bond acceptors (Lipinski definition) is 6. The molecule has 0 saturated heterocycles. The number of rotatable bonds is 5. The third-order valence-electron chi connectivity index (χ3n) is 4.41. The summed E-state index contributed by atoms with van der Waals surface area (Å²) in [5.41, 5.74) is 5.37. The van der Waals surface area contributed by atoms with Gasteiger partial charge in [0.2, 0.25) is 6.29 Å². The van der Waals surface area contributed by atoms with Crippen molar-refractivity contribution in [2.75, 3.05) is 11.4 Å². The van der Waals surface area contributed by atoms with E-state index in [9.17, 15) is 4.79 Å². The first-order valence-electron chi connectivity index (χ1n) is 8.57. The molecule has 3 heterocycles. The van der Waals surface area contributed by atoms with Gasteiger partial charge >= 0.3 is 0 Å². The Balaban J connectivity index is 1.55. The first-order valence-corrected chi connectivity index (χ1v) is 11.2. The fourth-order valence-electron chi connectivity index (χ4n) is 3.05. The van der Waals surface area contributed by atoms with Gasteiger partial charge in [0.25, 0.3) is 5.91 Å². The standard InChI is InChI=1S/C18H19BrN4OS2/c1-2-3-9-22-16(24)15-14(8-10-25-15)23-17(22)20-21-18(23)26-11-12-4-6-13(19)7-5-12/h4-8,10,17,20H,2-3,9,11H2,1H3. The predicted octanol–water partition coefficient (Wildman–Crippen LogP) is 4.66. The molecule has 4 rings (SSSR count). The second kappa shape index (κ2) is 7.62. The van der Waals surface area contributed by atoms with Crippen molar-refractivity contribution in [3.05, 3.63) is 50.6 Å². The van der Waals surface area contributed by atoms with Gasteiger partial charge in [0.1, 0.15) is 4.88 Å². The third-order valence-corrected chi connectivity index (χ3v) is 6.86. The fraction of sp³-hybridized carbons (Fsp3) is 0.333. The van der Waals surface area contributed by atoms with E-state index in [4.69, 9.17) is 0 Å². The van der Waals surface area contributed by atoms with Gasteiger partial charge in [0.15, 0.2) is 5.17 Å². The van der Waals surface area contributed by atoms with Crippen LogP contribution in [0.4, 0.5) is 5.69 Å². The molecule has 0 saturated carbocycles. The second-order valence-electron chi connectivity index (χ2n) is 6.17. The minimum Gasteiger partial charge on any atom is -0.298 e. The van der Waals surface area contributed by atoms with Crippen molar-refractivity contribution in [2.24, 2.45) is 5.10 Å². The molecule has 1 unspecified atom stereocenters. The summed E-state index contributed by atoms with van der Waals surface area (Å²) >= 11 is 6.66. The lowest BCUT2D eigenvalue weighted by Crippen LogP contribution is -2.58. The van der Waals surface area contributed by atoms with Gasteiger partial charge < -0.3 is 0 Å². The number of hydrazone groups is 1. The molecule has 1 amide bonds. The van der Waals surface area contributed by atoms with Gasteiger partial charge in [-0.2, -0.15) is 5.10 Å². The zero-order valence-corrected chi connectivity index (χ0v) is 17.5. The first-order chi connectivity index (χ1) is 12.7. The van der Waals surface area contributed by atoms with Crippen LogP contribution >= 0.6 is 39.0 Å². The highest BCUT2D eigenvalue weighted by molar-refractivity contribution is 9.10. The van der Waals surface area contributed by atoms with Crippen molar-refractivity contribution >= 4 is 55.8 Å². The topological polar surface area (TPSA) is 47.9 Å². The maximum Gasteiger partial charge on any atom is 0.269 e. The summed E-state index contributed by atoms with van der Waals surface area (Å²) in [6.07, 6.45) is 1.82. The Morgan fingerprint density at radius 2 is 2.12 bits per heavy atom. The Morgan fingerprint density at radius 3 is 2.88 bits per heavy atom. The molecule has 2 aliphatic rings. The maximum absolute atomic E-state index is 12.9. The van der Waals surface area contributed by atoms with Gasteiger partial charge in [-0.3, -0.25) is 20.0 Å². The number of nitrogens with one attached hydrogen (secondary N) is 1. The van der Waals surface area contributed by atoms with Gasteiger partial charge in [-0.1, -0.05) is 53.2 Å². The molecular formula is C18H19BrN4OS2. The lowest BCUT2D eigenvalue weighted by atomic mass is 10.2. The average Bonchev–Trinajstić information content (AvgIpc) is 3.28. The highest BCUT2D eigenvalue weighted by atomic mass is 79.9. The Labute approximate surface area is 169 Å². The number of nitrogens with zero attached hydrogens (tertiary/aromatic N) is 3. The van der Waals surface area contributed by atoms with Crippen LogP contribution in [-0.2, 0) is 5.75 Å². The summed E-state index contributed by atoms with van der Waals surface area (Å²) in [6.45, 7) is 2.88. The summed E-state index contributed by atoms with van der Waals surface area (Å²) in [6, 6.07) is 10.3. The lowest BCUT2D eigenvalue weighted by molar-refractivity contribution is 0.0644. The number of benzene rings is 1.